The number of carbonyl (C=O) groups excluding carboxylic acids is 1. The van der Waals surface area contributed by atoms with Crippen LogP contribution in [-0.4, -0.2) is 92.4 Å². The number of hydrogen-bond acceptors (Lipinski definition) is 12. The maximum Gasteiger partial charge on any atom is 0.324 e. The van der Waals surface area contributed by atoms with Crippen LogP contribution in [0.3, 0.4) is 0 Å². The van der Waals surface area contributed by atoms with Crippen molar-refractivity contribution in [3.63, 3.8) is 0 Å². The van der Waals surface area contributed by atoms with Crippen molar-refractivity contribution >= 4 is 44.8 Å². The molecule has 1 aliphatic heterocycles. The van der Waals surface area contributed by atoms with Crippen molar-refractivity contribution in [3.8, 4) is 22.8 Å². The van der Waals surface area contributed by atoms with E-state index in [0.29, 0.717) is 60.4 Å². The van der Waals surface area contributed by atoms with Crippen LogP contribution in [-0.2, 0) is 21.5 Å². The van der Waals surface area contributed by atoms with E-state index in [1.807, 2.05) is 35.2 Å². The van der Waals surface area contributed by atoms with E-state index in [1.54, 1.807) is 38.5 Å². The van der Waals surface area contributed by atoms with Gasteiger partial charge in [-0.15, -0.1) is 4.09 Å². The van der Waals surface area contributed by atoms with Crippen LogP contribution in [0.2, 0.25) is 0 Å². The number of carbonyl (C=O) groups is 1. The third-order valence-electron chi connectivity index (χ3n) is 7.49. The zero-order chi connectivity index (χ0) is 33.1. The van der Waals surface area contributed by atoms with Gasteiger partial charge in [0.2, 0.25) is 5.95 Å². The van der Waals surface area contributed by atoms with E-state index in [0.717, 1.165) is 19.5 Å². The van der Waals surface area contributed by atoms with Gasteiger partial charge in [0, 0.05) is 63.1 Å². The molecule has 2 aromatic carbocycles. The van der Waals surface area contributed by atoms with Crippen molar-refractivity contribution in [2.24, 2.45) is 0 Å². The molecular formula is C31H34N8O7S. The van der Waals surface area contributed by atoms with Crippen molar-refractivity contribution in [3.05, 3.63) is 72.0 Å². The van der Waals surface area contributed by atoms with Crippen molar-refractivity contribution < 1.29 is 31.8 Å². The summed E-state index contributed by atoms with van der Waals surface area (Å²) in [5.41, 5.74) is 2.57. The molecule has 1 aliphatic rings. The Labute approximate surface area is 271 Å². The summed E-state index contributed by atoms with van der Waals surface area (Å²) in [6.07, 6.45) is 0. The average molecular weight is 663 g/mol. The second-order valence-electron chi connectivity index (χ2n) is 10.7. The van der Waals surface area contributed by atoms with Gasteiger partial charge in [0.1, 0.15) is 22.8 Å². The molecule has 6 rings (SSSR count). The third kappa shape index (κ3) is 6.56. The largest absolute Gasteiger partial charge is 0.497 e. The Hall–Kier alpha value is -5.19. The second-order valence-corrected chi connectivity index (χ2v) is 12.7. The minimum atomic E-state index is -4.03. The van der Waals surface area contributed by atoms with Gasteiger partial charge in [-0.1, -0.05) is 30.3 Å². The van der Waals surface area contributed by atoms with E-state index in [9.17, 15) is 13.2 Å². The molecule has 4 heterocycles. The predicted molar refractivity (Wildman–Crippen MR) is 175 cm³/mol. The number of methoxy groups -OCH3 is 2. The van der Waals surface area contributed by atoms with E-state index in [4.69, 9.17) is 23.6 Å². The summed E-state index contributed by atoms with van der Waals surface area (Å²) in [5.74, 6) is 1.40. The first-order valence-corrected chi connectivity index (χ1v) is 16.1. The van der Waals surface area contributed by atoms with Gasteiger partial charge in [-0.3, -0.25) is 4.79 Å². The van der Waals surface area contributed by atoms with Crippen molar-refractivity contribution in [2.45, 2.75) is 6.54 Å². The molecule has 3 aromatic heterocycles. The monoisotopic (exact) mass is 662 g/mol. The highest BCUT2D eigenvalue weighted by Gasteiger charge is 2.26. The lowest BCUT2D eigenvalue weighted by molar-refractivity contribution is 0.0925. The highest BCUT2D eigenvalue weighted by atomic mass is 32.2. The van der Waals surface area contributed by atoms with Gasteiger partial charge in [0.15, 0.2) is 17.2 Å². The fourth-order valence-electron chi connectivity index (χ4n) is 4.98. The Kier molecular flexibility index (Phi) is 8.97. The van der Waals surface area contributed by atoms with Gasteiger partial charge >= 0.3 is 10.2 Å². The molecular weight excluding hydrogens is 628 g/mol. The number of nitrogens with one attached hydrogen (secondary N) is 2. The summed E-state index contributed by atoms with van der Waals surface area (Å²) >= 11 is 0. The quantitative estimate of drug-likeness (QED) is 0.212. The van der Waals surface area contributed by atoms with Crippen LogP contribution in [0.5, 0.6) is 11.5 Å². The first-order chi connectivity index (χ1) is 22.7. The van der Waals surface area contributed by atoms with Gasteiger partial charge in [0.25, 0.3) is 5.91 Å². The second kappa shape index (κ2) is 13.3. The van der Waals surface area contributed by atoms with E-state index in [-0.39, 0.29) is 24.1 Å². The van der Waals surface area contributed by atoms with E-state index in [2.05, 4.69) is 20.7 Å². The molecule has 5 aromatic rings. The number of ether oxygens (including phenoxy) is 3. The fourth-order valence-corrected chi connectivity index (χ4v) is 5.82. The zero-order valence-electron chi connectivity index (χ0n) is 26.3. The molecule has 0 atom stereocenters. The zero-order valence-corrected chi connectivity index (χ0v) is 27.1. The normalized spacial score (nSPS) is 13.6. The number of benzene rings is 2. The Morgan fingerprint density at radius 1 is 1.00 bits per heavy atom. The van der Waals surface area contributed by atoms with E-state index < -0.39 is 16.1 Å². The molecule has 2 N–H and O–H groups in total. The number of fused-ring (bicyclic) bond motifs is 1. The summed E-state index contributed by atoms with van der Waals surface area (Å²) in [4.78, 5) is 24.6. The molecule has 0 bridgehead atoms. The smallest absolute Gasteiger partial charge is 0.324 e. The van der Waals surface area contributed by atoms with E-state index in [1.165, 1.54) is 20.2 Å². The third-order valence-corrected chi connectivity index (χ3v) is 9.13. The molecule has 1 saturated heterocycles. The number of morpholine rings is 1. The number of rotatable bonds is 11. The molecule has 15 nitrogen and oxygen atoms in total. The van der Waals surface area contributed by atoms with Crippen molar-refractivity contribution in [1.29, 1.82) is 0 Å². The SMILES string of the molecule is COc1ccc(CNC(=O)c2cc3nc(Nc4cc(-c5ccccc5)nn4S(=O)(=O)N(C)C)nc(N4CCOCC4)c3o2)c(OC)c1. The maximum absolute atomic E-state index is 13.3. The number of aromatic nitrogens is 4. The Morgan fingerprint density at radius 2 is 1.77 bits per heavy atom. The Bertz CT molecular complexity index is 2010. The molecule has 0 saturated carbocycles. The maximum atomic E-state index is 13.3. The summed E-state index contributed by atoms with van der Waals surface area (Å²) in [7, 11) is 1.92. The van der Waals surface area contributed by atoms with Crippen molar-refractivity contribution in [1.82, 2.24) is 28.8 Å². The summed E-state index contributed by atoms with van der Waals surface area (Å²) in [6.45, 7) is 2.17. The van der Waals surface area contributed by atoms with Crippen LogP contribution < -0.4 is 25.0 Å². The number of anilines is 3. The lowest BCUT2D eigenvalue weighted by atomic mass is 10.2. The molecule has 1 amide bonds. The lowest BCUT2D eigenvalue weighted by Gasteiger charge is -2.27. The van der Waals surface area contributed by atoms with Crippen molar-refractivity contribution in [2.75, 3.05) is 64.8 Å². The highest BCUT2D eigenvalue weighted by Crippen LogP contribution is 2.32. The van der Waals surface area contributed by atoms with Gasteiger partial charge in [-0.2, -0.15) is 22.8 Å². The van der Waals surface area contributed by atoms with Gasteiger partial charge < -0.3 is 34.2 Å². The number of amides is 1. The number of furan rings is 1. The molecule has 0 aliphatic carbocycles. The van der Waals surface area contributed by atoms with E-state index >= 15 is 0 Å². The van der Waals surface area contributed by atoms with Crippen LogP contribution >= 0.6 is 0 Å². The van der Waals surface area contributed by atoms with Crippen LogP contribution in [0.25, 0.3) is 22.4 Å². The fraction of sp³-hybridized carbons (Fsp3) is 0.290. The molecule has 246 valence electrons. The Morgan fingerprint density at radius 3 is 2.47 bits per heavy atom. The minimum absolute atomic E-state index is 0.0278. The molecule has 0 unspecified atom stereocenters. The summed E-state index contributed by atoms with van der Waals surface area (Å²) < 4.78 is 50.8. The van der Waals surface area contributed by atoms with Crippen LogP contribution in [0.1, 0.15) is 16.1 Å². The summed E-state index contributed by atoms with van der Waals surface area (Å²) in [5, 5.41) is 10.3. The first-order valence-electron chi connectivity index (χ1n) is 14.7. The summed E-state index contributed by atoms with van der Waals surface area (Å²) in [6, 6.07) is 17.7. The van der Waals surface area contributed by atoms with Crippen LogP contribution in [0.4, 0.5) is 17.6 Å². The van der Waals surface area contributed by atoms with Crippen LogP contribution in [0.15, 0.2) is 65.1 Å². The first kappa shape index (κ1) is 31.8. The molecule has 47 heavy (non-hydrogen) atoms. The minimum Gasteiger partial charge on any atom is -0.497 e. The average Bonchev–Trinajstić information content (AvgIpc) is 3.73. The number of nitrogens with zero attached hydrogens (tertiary/aromatic N) is 6. The van der Waals surface area contributed by atoms with Gasteiger partial charge in [-0.05, 0) is 12.1 Å². The van der Waals surface area contributed by atoms with Crippen LogP contribution in [0, 0.1) is 0 Å². The number of hydrogen-bond donors (Lipinski definition) is 2. The molecule has 16 heteroatoms. The molecule has 0 spiro atoms. The highest BCUT2D eigenvalue weighted by molar-refractivity contribution is 7.87. The van der Waals surface area contributed by atoms with Gasteiger partial charge in [-0.25, -0.2) is 4.98 Å². The lowest BCUT2D eigenvalue weighted by Crippen LogP contribution is -2.37. The molecule has 1 fully saturated rings. The Balaban J connectivity index is 1.35. The standard InChI is InChI=1S/C31H34N8O7S/c1-37(2)47(41,42)39-27(18-23(36-39)20-8-6-5-7-9-20)34-31-33-24-17-26(46-28(24)29(35-31)38-12-14-45-15-13-38)30(40)32-19-21-10-11-22(43-3)16-25(21)44-4/h5-11,16-18H,12-15,19H2,1-4H3,(H,32,40)(H,33,34,35). The topological polar surface area (TPSA) is 166 Å². The van der Waals surface area contributed by atoms with Gasteiger partial charge in [0.05, 0.1) is 33.1 Å². The predicted octanol–water partition coefficient (Wildman–Crippen LogP) is 3.27. The molecule has 0 radical (unpaired) electrons.